The molecule has 0 spiro atoms. The summed E-state index contributed by atoms with van der Waals surface area (Å²) in [5.41, 5.74) is 8.19. The Balaban J connectivity index is 2.51. The second-order valence-electron chi connectivity index (χ2n) is 4.04. The SMILES string of the molecule is Cc1ccc(N)c(S(=O)(=O)Nc2ccsc2)c1C. The van der Waals surface area contributed by atoms with Crippen molar-refractivity contribution >= 4 is 32.7 Å². The molecule has 0 unspecified atom stereocenters. The highest BCUT2D eigenvalue weighted by atomic mass is 32.2. The van der Waals surface area contributed by atoms with E-state index >= 15 is 0 Å². The van der Waals surface area contributed by atoms with Gasteiger partial charge in [-0.2, -0.15) is 11.3 Å². The molecule has 1 aromatic carbocycles. The first-order valence-electron chi connectivity index (χ1n) is 5.32. The Hall–Kier alpha value is -1.53. The van der Waals surface area contributed by atoms with E-state index in [0.717, 1.165) is 5.56 Å². The Morgan fingerprint density at radius 3 is 2.56 bits per heavy atom. The van der Waals surface area contributed by atoms with E-state index in [0.29, 0.717) is 11.3 Å². The van der Waals surface area contributed by atoms with Crippen LogP contribution in [0.25, 0.3) is 0 Å². The van der Waals surface area contributed by atoms with Crippen molar-refractivity contribution in [3.63, 3.8) is 0 Å². The van der Waals surface area contributed by atoms with Crippen LogP contribution in [0.2, 0.25) is 0 Å². The molecule has 0 amide bonds. The predicted molar refractivity (Wildman–Crippen MR) is 75.5 cm³/mol. The summed E-state index contributed by atoms with van der Waals surface area (Å²) in [5, 5.41) is 3.54. The van der Waals surface area contributed by atoms with E-state index < -0.39 is 10.0 Å². The number of hydrogen-bond donors (Lipinski definition) is 2. The Morgan fingerprint density at radius 2 is 1.94 bits per heavy atom. The van der Waals surface area contributed by atoms with Crippen LogP contribution < -0.4 is 10.5 Å². The zero-order valence-electron chi connectivity index (χ0n) is 10.1. The highest BCUT2D eigenvalue weighted by molar-refractivity contribution is 7.93. The predicted octanol–water partition coefficient (Wildman–Crippen LogP) is 2.75. The molecular weight excluding hydrogens is 268 g/mol. The van der Waals surface area contributed by atoms with Gasteiger partial charge in [-0.15, -0.1) is 0 Å². The van der Waals surface area contributed by atoms with Crippen LogP contribution in [-0.2, 0) is 10.0 Å². The highest BCUT2D eigenvalue weighted by Crippen LogP contribution is 2.27. The Labute approximate surface area is 111 Å². The van der Waals surface area contributed by atoms with Crippen LogP contribution in [0.4, 0.5) is 11.4 Å². The summed E-state index contributed by atoms with van der Waals surface area (Å²) in [7, 11) is -3.64. The van der Waals surface area contributed by atoms with Crippen molar-refractivity contribution in [2.75, 3.05) is 10.5 Å². The lowest BCUT2D eigenvalue weighted by Gasteiger charge is -2.13. The van der Waals surface area contributed by atoms with Gasteiger partial charge in [0, 0.05) is 5.38 Å². The summed E-state index contributed by atoms with van der Waals surface area (Å²) in [6, 6.07) is 5.14. The lowest BCUT2D eigenvalue weighted by Crippen LogP contribution is -2.16. The zero-order chi connectivity index (χ0) is 13.3. The molecule has 2 rings (SSSR count). The van der Waals surface area contributed by atoms with Gasteiger partial charge in [0.25, 0.3) is 10.0 Å². The highest BCUT2D eigenvalue weighted by Gasteiger charge is 2.21. The number of thiophene rings is 1. The van der Waals surface area contributed by atoms with E-state index in [1.807, 2.05) is 18.4 Å². The number of nitrogen functional groups attached to an aromatic ring is 1. The molecule has 3 N–H and O–H groups in total. The first-order valence-corrected chi connectivity index (χ1v) is 7.75. The molecule has 0 aliphatic carbocycles. The van der Waals surface area contributed by atoms with Crippen molar-refractivity contribution in [1.82, 2.24) is 0 Å². The number of sulfonamides is 1. The van der Waals surface area contributed by atoms with Crippen LogP contribution in [0.3, 0.4) is 0 Å². The normalized spacial score (nSPS) is 11.4. The topological polar surface area (TPSA) is 72.2 Å². The quantitative estimate of drug-likeness (QED) is 0.850. The molecule has 0 aliphatic rings. The minimum atomic E-state index is -3.64. The third kappa shape index (κ3) is 2.34. The molecule has 6 heteroatoms. The van der Waals surface area contributed by atoms with Crippen LogP contribution in [0, 0.1) is 13.8 Å². The fourth-order valence-electron chi connectivity index (χ4n) is 1.70. The second kappa shape index (κ2) is 4.62. The van der Waals surface area contributed by atoms with E-state index in [1.165, 1.54) is 11.3 Å². The fraction of sp³-hybridized carbons (Fsp3) is 0.167. The van der Waals surface area contributed by atoms with Gasteiger partial charge in [0.1, 0.15) is 4.90 Å². The molecular formula is C12H14N2O2S2. The van der Waals surface area contributed by atoms with Gasteiger partial charge in [-0.1, -0.05) is 6.07 Å². The molecule has 18 heavy (non-hydrogen) atoms. The molecule has 0 saturated heterocycles. The van der Waals surface area contributed by atoms with E-state index in [4.69, 9.17) is 5.73 Å². The van der Waals surface area contributed by atoms with Crippen molar-refractivity contribution in [1.29, 1.82) is 0 Å². The number of nitrogens with one attached hydrogen (secondary N) is 1. The van der Waals surface area contributed by atoms with Crippen LogP contribution in [0.1, 0.15) is 11.1 Å². The largest absolute Gasteiger partial charge is 0.398 e. The second-order valence-corrected chi connectivity index (χ2v) is 6.44. The van der Waals surface area contributed by atoms with Gasteiger partial charge in [-0.3, -0.25) is 4.72 Å². The van der Waals surface area contributed by atoms with Gasteiger partial charge in [0.15, 0.2) is 0 Å². The molecule has 0 atom stereocenters. The average molecular weight is 282 g/mol. The standard InChI is InChI=1S/C12H14N2O2S2/c1-8-3-4-11(13)12(9(8)2)18(15,16)14-10-5-6-17-7-10/h3-7,14H,13H2,1-2H3. The molecule has 96 valence electrons. The minimum absolute atomic E-state index is 0.161. The summed E-state index contributed by atoms with van der Waals surface area (Å²) in [5.74, 6) is 0. The van der Waals surface area contributed by atoms with Gasteiger partial charge >= 0.3 is 0 Å². The van der Waals surface area contributed by atoms with Gasteiger partial charge in [0.2, 0.25) is 0 Å². The summed E-state index contributed by atoms with van der Waals surface area (Å²) < 4.78 is 27.1. The van der Waals surface area contributed by atoms with Crippen molar-refractivity contribution in [3.05, 3.63) is 40.1 Å². The third-order valence-corrected chi connectivity index (χ3v) is 5.02. The molecule has 4 nitrogen and oxygen atoms in total. The maximum Gasteiger partial charge on any atom is 0.264 e. The summed E-state index contributed by atoms with van der Waals surface area (Å²) >= 11 is 1.43. The van der Waals surface area contributed by atoms with Crippen LogP contribution in [0.5, 0.6) is 0 Å². The van der Waals surface area contributed by atoms with E-state index in [1.54, 1.807) is 24.4 Å². The lowest BCUT2D eigenvalue weighted by atomic mass is 10.1. The van der Waals surface area contributed by atoms with Crippen LogP contribution in [-0.4, -0.2) is 8.42 Å². The smallest absolute Gasteiger partial charge is 0.264 e. The first-order chi connectivity index (χ1) is 8.42. The molecule has 1 aromatic heterocycles. The summed E-state index contributed by atoms with van der Waals surface area (Å²) in [6.45, 7) is 3.62. The molecule has 2 aromatic rings. The van der Waals surface area contributed by atoms with Gasteiger partial charge in [0.05, 0.1) is 11.4 Å². The van der Waals surface area contributed by atoms with Crippen LogP contribution >= 0.6 is 11.3 Å². The number of rotatable bonds is 3. The molecule has 1 heterocycles. The average Bonchev–Trinajstić information content (AvgIpc) is 2.75. The van der Waals surface area contributed by atoms with E-state index in [9.17, 15) is 8.42 Å². The monoisotopic (exact) mass is 282 g/mol. The van der Waals surface area contributed by atoms with Crippen LogP contribution in [0.15, 0.2) is 33.9 Å². The maximum absolute atomic E-state index is 12.3. The number of hydrogen-bond acceptors (Lipinski definition) is 4. The Morgan fingerprint density at radius 1 is 1.22 bits per heavy atom. The number of benzene rings is 1. The van der Waals surface area contributed by atoms with Gasteiger partial charge < -0.3 is 5.73 Å². The molecule has 0 saturated carbocycles. The summed E-state index contributed by atoms with van der Waals surface area (Å²) in [4.78, 5) is 0.161. The lowest BCUT2D eigenvalue weighted by molar-refractivity contribution is 0.601. The molecule has 0 bridgehead atoms. The van der Waals surface area contributed by atoms with Crippen molar-refractivity contribution in [3.8, 4) is 0 Å². The third-order valence-electron chi connectivity index (χ3n) is 2.75. The van der Waals surface area contributed by atoms with Crippen molar-refractivity contribution in [2.24, 2.45) is 0 Å². The van der Waals surface area contributed by atoms with Crippen molar-refractivity contribution < 1.29 is 8.42 Å². The fourth-order valence-corrected chi connectivity index (χ4v) is 3.84. The Kier molecular flexibility index (Phi) is 3.32. The number of aryl methyl sites for hydroxylation is 1. The molecule has 0 radical (unpaired) electrons. The first kappa shape index (κ1) is 12.9. The maximum atomic E-state index is 12.3. The number of nitrogens with two attached hydrogens (primary N) is 1. The van der Waals surface area contributed by atoms with E-state index in [-0.39, 0.29) is 10.6 Å². The van der Waals surface area contributed by atoms with Gasteiger partial charge in [-0.05, 0) is 42.5 Å². The number of anilines is 2. The van der Waals surface area contributed by atoms with Crippen molar-refractivity contribution in [2.45, 2.75) is 18.7 Å². The zero-order valence-corrected chi connectivity index (χ0v) is 11.7. The minimum Gasteiger partial charge on any atom is -0.398 e. The summed E-state index contributed by atoms with van der Waals surface area (Å²) in [6.07, 6.45) is 0. The van der Waals surface area contributed by atoms with Gasteiger partial charge in [-0.25, -0.2) is 8.42 Å². The molecule has 0 fully saturated rings. The van der Waals surface area contributed by atoms with E-state index in [2.05, 4.69) is 4.72 Å². The Bertz CT molecular complexity index is 662. The molecule has 0 aliphatic heterocycles.